The fourth-order valence-corrected chi connectivity index (χ4v) is 2.63. The number of anilines is 1. The standard InChI is InChI=1S/C19H21N3O3/c1-24-17-9-5-8-16(14-17)20-19(23)21-18(15-6-3-2-4-7-15)22-10-12-25-13-11-22/h2-9,14H,10-13H2,1H3,(H,20,23). The first-order chi connectivity index (χ1) is 12.3. The molecule has 0 atom stereocenters. The Labute approximate surface area is 147 Å². The largest absolute Gasteiger partial charge is 0.497 e. The van der Waals surface area contributed by atoms with Crippen molar-refractivity contribution >= 4 is 17.6 Å². The fourth-order valence-electron chi connectivity index (χ4n) is 2.63. The van der Waals surface area contributed by atoms with Gasteiger partial charge in [0.1, 0.15) is 11.6 Å². The first-order valence-corrected chi connectivity index (χ1v) is 8.18. The molecule has 0 spiro atoms. The third-order valence-electron chi connectivity index (χ3n) is 3.87. The Bertz CT molecular complexity index is 741. The van der Waals surface area contributed by atoms with E-state index in [-0.39, 0.29) is 0 Å². The third kappa shape index (κ3) is 4.58. The Morgan fingerprint density at radius 1 is 1.12 bits per heavy atom. The lowest BCUT2D eigenvalue weighted by atomic mass is 10.2. The zero-order valence-corrected chi connectivity index (χ0v) is 14.1. The summed E-state index contributed by atoms with van der Waals surface area (Å²) >= 11 is 0. The quantitative estimate of drug-likeness (QED) is 0.690. The normalized spacial score (nSPS) is 14.9. The Morgan fingerprint density at radius 3 is 2.60 bits per heavy atom. The van der Waals surface area contributed by atoms with E-state index in [1.54, 1.807) is 19.2 Å². The van der Waals surface area contributed by atoms with Crippen molar-refractivity contribution in [2.75, 3.05) is 38.7 Å². The highest BCUT2D eigenvalue weighted by molar-refractivity contribution is 6.07. The number of carbonyl (C=O) groups excluding carboxylic acids is 1. The summed E-state index contributed by atoms with van der Waals surface area (Å²) < 4.78 is 10.6. The van der Waals surface area contributed by atoms with Gasteiger partial charge in [0.2, 0.25) is 0 Å². The van der Waals surface area contributed by atoms with Crippen LogP contribution in [0.15, 0.2) is 59.6 Å². The average molecular weight is 339 g/mol. The van der Waals surface area contributed by atoms with Crippen LogP contribution in [0.2, 0.25) is 0 Å². The highest BCUT2D eigenvalue weighted by Gasteiger charge is 2.18. The first-order valence-electron chi connectivity index (χ1n) is 8.18. The summed E-state index contributed by atoms with van der Waals surface area (Å²) in [6.07, 6.45) is 0. The van der Waals surface area contributed by atoms with Gasteiger partial charge >= 0.3 is 6.03 Å². The van der Waals surface area contributed by atoms with Gasteiger partial charge in [0.05, 0.1) is 20.3 Å². The van der Waals surface area contributed by atoms with Gasteiger partial charge in [-0.05, 0) is 12.1 Å². The predicted octanol–water partition coefficient (Wildman–Crippen LogP) is 3.01. The molecule has 2 aromatic carbocycles. The van der Waals surface area contributed by atoms with Gasteiger partial charge in [0, 0.05) is 30.4 Å². The molecule has 1 N–H and O–H groups in total. The molecule has 0 bridgehead atoms. The molecule has 0 radical (unpaired) electrons. The second-order valence-corrected chi connectivity index (χ2v) is 5.56. The van der Waals surface area contributed by atoms with Crippen molar-refractivity contribution in [2.45, 2.75) is 0 Å². The molecule has 6 heteroatoms. The molecule has 1 fully saturated rings. The molecule has 0 saturated carbocycles. The van der Waals surface area contributed by atoms with Crippen molar-refractivity contribution < 1.29 is 14.3 Å². The van der Waals surface area contributed by atoms with Crippen LogP contribution in [-0.4, -0.2) is 50.2 Å². The number of amides is 2. The number of amidine groups is 1. The van der Waals surface area contributed by atoms with E-state index in [2.05, 4.69) is 15.2 Å². The average Bonchev–Trinajstić information content (AvgIpc) is 2.67. The number of hydrogen-bond donors (Lipinski definition) is 1. The topological polar surface area (TPSA) is 63.2 Å². The summed E-state index contributed by atoms with van der Waals surface area (Å²) in [5, 5.41) is 2.79. The van der Waals surface area contributed by atoms with Gasteiger partial charge < -0.3 is 19.7 Å². The van der Waals surface area contributed by atoms with E-state index in [1.807, 2.05) is 42.5 Å². The van der Waals surface area contributed by atoms with Gasteiger partial charge in [-0.15, -0.1) is 0 Å². The molecule has 6 nitrogen and oxygen atoms in total. The van der Waals surface area contributed by atoms with Crippen LogP contribution in [0.1, 0.15) is 5.56 Å². The Balaban J connectivity index is 1.82. The number of nitrogens with zero attached hydrogens (tertiary/aromatic N) is 2. The molecule has 1 saturated heterocycles. The van der Waals surface area contributed by atoms with Crippen LogP contribution in [0.3, 0.4) is 0 Å². The molecule has 130 valence electrons. The third-order valence-corrected chi connectivity index (χ3v) is 3.87. The molecule has 0 aliphatic carbocycles. The lowest BCUT2D eigenvalue weighted by molar-refractivity contribution is 0.0682. The molecule has 2 amide bonds. The van der Waals surface area contributed by atoms with Crippen molar-refractivity contribution in [3.05, 3.63) is 60.2 Å². The van der Waals surface area contributed by atoms with Crippen LogP contribution in [-0.2, 0) is 4.74 Å². The van der Waals surface area contributed by atoms with E-state index in [4.69, 9.17) is 9.47 Å². The summed E-state index contributed by atoms with van der Waals surface area (Å²) in [6, 6.07) is 16.5. The summed E-state index contributed by atoms with van der Waals surface area (Å²) in [5.41, 5.74) is 1.55. The van der Waals surface area contributed by atoms with Crippen molar-refractivity contribution in [3.63, 3.8) is 0 Å². The van der Waals surface area contributed by atoms with Gasteiger partial charge in [0.15, 0.2) is 0 Å². The van der Waals surface area contributed by atoms with Gasteiger partial charge in [-0.1, -0.05) is 36.4 Å². The van der Waals surface area contributed by atoms with Gasteiger partial charge in [0.25, 0.3) is 0 Å². The number of carbonyl (C=O) groups is 1. The maximum atomic E-state index is 12.4. The highest BCUT2D eigenvalue weighted by atomic mass is 16.5. The number of benzene rings is 2. The fraction of sp³-hybridized carbons (Fsp3) is 0.263. The zero-order valence-electron chi connectivity index (χ0n) is 14.1. The van der Waals surface area contributed by atoms with E-state index in [9.17, 15) is 4.79 Å². The number of rotatable bonds is 3. The van der Waals surface area contributed by atoms with Crippen molar-refractivity contribution in [2.24, 2.45) is 4.99 Å². The van der Waals surface area contributed by atoms with Crippen LogP contribution >= 0.6 is 0 Å². The number of ether oxygens (including phenoxy) is 2. The van der Waals surface area contributed by atoms with Crippen LogP contribution in [0.5, 0.6) is 5.75 Å². The minimum atomic E-state index is -0.418. The second-order valence-electron chi connectivity index (χ2n) is 5.56. The number of morpholine rings is 1. The summed E-state index contributed by atoms with van der Waals surface area (Å²) in [5.74, 6) is 1.34. The smallest absolute Gasteiger partial charge is 0.347 e. The molecule has 1 aliphatic rings. The molecular formula is C19H21N3O3. The Morgan fingerprint density at radius 2 is 1.88 bits per heavy atom. The van der Waals surface area contributed by atoms with E-state index in [0.29, 0.717) is 43.6 Å². The van der Waals surface area contributed by atoms with E-state index in [1.165, 1.54) is 0 Å². The SMILES string of the molecule is COc1cccc(NC(=O)N=C(c2ccccc2)N2CCOCC2)c1. The van der Waals surface area contributed by atoms with Crippen LogP contribution in [0.4, 0.5) is 10.5 Å². The number of urea groups is 1. The van der Waals surface area contributed by atoms with Crippen LogP contribution in [0, 0.1) is 0 Å². The summed E-state index contributed by atoms with van der Waals surface area (Å²) in [4.78, 5) is 18.8. The molecule has 1 aliphatic heterocycles. The molecule has 0 aromatic heterocycles. The first kappa shape index (κ1) is 17.0. The minimum Gasteiger partial charge on any atom is -0.497 e. The predicted molar refractivity (Wildman–Crippen MR) is 97.4 cm³/mol. The van der Waals surface area contributed by atoms with E-state index in [0.717, 1.165) is 5.56 Å². The van der Waals surface area contributed by atoms with Gasteiger partial charge in [-0.3, -0.25) is 0 Å². The maximum Gasteiger partial charge on any atom is 0.347 e. The maximum absolute atomic E-state index is 12.4. The lowest BCUT2D eigenvalue weighted by Crippen LogP contribution is -2.41. The molecular weight excluding hydrogens is 318 g/mol. The number of methoxy groups -OCH3 is 1. The summed E-state index contributed by atoms with van der Waals surface area (Å²) in [6.45, 7) is 2.67. The van der Waals surface area contributed by atoms with Gasteiger partial charge in [-0.25, -0.2) is 4.79 Å². The number of hydrogen-bond acceptors (Lipinski definition) is 3. The minimum absolute atomic E-state index is 0.418. The number of aliphatic imine (C=N–C) groups is 1. The van der Waals surface area contributed by atoms with Crippen LogP contribution < -0.4 is 10.1 Å². The van der Waals surface area contributed by atoms with E-state index >= 15 is 0 Å². The van der Waals surface area contributed by atoms with Crippen molar-refractivity contribution in [1.29, 1.82) is 0 Å². The molecule has 3 rings (SSSR count). The second kappa shape index (κ2) is 8.30. The zero-order chi connectivity index (χ0) is 17.5. The summed E-state index contributed by atoms with van der Waals surface area (Å²) in [7, 11) is 1.59. The van der Waals surface area contributed by atoms with Crippen LogP contribution in [0.25, 0.3) is 0 Å². The highest BCUT2D eigenvalue weighted by Crippen LogP contribution is 2.17. The monoisotopic (exact) mass is 339 g/mol. The molecule has 1 heterocycles. The molecule has 25 heavy (non-hydrogen) atoms. The van der Waals surface area contributed by atoms with Crippen molar-refractivity contribution in [3.8, 4) is 5.75 Å². The van der Waals surface area contributed by atoms with Crippen molar-refractivity contribution in [1.82, 2.24) is 4.90 Å². The number of nitrogens with one attached hydrogen (secondary N) is 1. The molecule has 0 unspecified atom stereocenters. The van der Waals surface area contributed by atoms with Gasteiger partial charge in [-0.2, -0.15) is 4.99 Å². The molecule has 2 aromatic rings. The Hall–Kier alpha value is -2.86. The lowest BCUT2D eigenvalue weighted by Gasteiger charge is -2.29. The van der Waals surface area contributed by atoms with E-state index < -0.39 is 6.03 Å². The Kier molecular flexibility index (Phi) is 5.64.